The standard InChI is InChI=1S/C16H13N3O2S2/c1-9-10(2)22-15(11(9)7-17)18-14(20)8-19-12-5-3-4-6-13(12)23-16(19)21/h3-6H,8H2,1-2H3,(H,18,20). The van der Waals surface area contributed by atoms with Crippen molar-refractivity contribution in [3.05, 3.63) is 49.9 Å². The summed E-state index contributed by atoms with van der Waals surface area (Å²) in [5.41, 5.74) is 2.12. The molecule has 0 saturated carbocycles. The largest absolute Gasteiger partial charge is 0.315 e. The summed E-state index contributed by atoms with van der Waals surface area (Å²) in [5, 5.41) is 12.5. The van der Waals surface area contributed by atoms with Crippen LogP contribution in [-0.4, -0.2) is 10.5 Å². The number of thiazole rings is 1. The maximum absolute atomic E-state index is 12.3. The van der Waals surface area contributed by atoms with Crippen LogP contribution >= 0.6 is 22.7 Å². The number of aromatic nitrogens is 1. The van der Waals surface area contributed by atoms with Gasteiger partial charge in [0.25, 0.3) is 0 Å². The zero-order valence-electron chi connectivity index (χ0n) is 12.5. The van der Waals surface area contributed by atoms with Crippen molar-refractivity contribution < 1.29 is 4.79 Å². The minimum Gasteiger partial charge on any atom is -0.315 e. The number of nitriles is 1. The van der Waals surface area contributed by atoms with E-state index in [0.29, 0.717) is 10.6 Å². The van der Waals surface area contributed by atoms with Crippen molar-refractivity contribution >= 4 is 43.8 Å². The van der Waals surface area contributed by atoms with Crippen molar-refractivity contribution in [1.29, 1.82) is 5.26 Å². The lowest BCUT2D eigenvalue weighted by atomic mass is 10.2. The summed E-state index contributed by atoms with van der Waals surface area (Å²) in [6.45, 7) is 3.70. The van der Waals surface area contributed by atoms with Crippen LogP contribution in [0.4, 0.5) is 5.00 Å². The van der Waals surface area contributed by atoms with Crippen LogP contribution in [0.25, 0.3) is 10.2 Å². The third kappa shape index (κ3) is 2.79. The number of rotatable bonds is 3. The minimum atomic E-state index is -0.312. The minimum absolute atomic E-state index is 0.0658. The zero-order chi connectivity index (χ0) is 16.6. The van der Waals surface area contributed by atoms with Crippen LogP contribution in [0.1, 0.15) is 16.0 Å². The SMILES string of the molecule is Cc1sc(NC(=O)Cn2c(=O)sc3ccccc32)c(C#N)c1C. The van der Waals surface area contributed by atoms with Gasteiger partial charge in [-0.25, -0.2) is 0 Å². The fourth-order valence-corrected chi connectivity index (χ4v) is 4.24. The quantitative estimate of drug-likeness (QED) is 0.793. The van der Waals surface area contributed by atoms with Gasteiger partial charge in [-0.05, 0) is 31.5 Å². The van der Waals surface area contributed by atoms with Crippen LogP contribution in [0, 0.1) is 25.2 Å². The topological polar surface area (TPSA) is 74.9 Å². The summed E-state index contributed by atoms with van der Waals surface area (Å²) in [4.78, 5) is 25.2. The Morgan fingerprint density at radius 2 is 2.04 bits per heavy atom. The van der Waals surface area contributed by atoms with E-state index in [9.17, 15) is 14.9 Å². The van der Waals surface area contributed by atoms with Gasteiger partial charge in [0.05, 0.1) is 15.8 Å². The molecular weight excluding hydrogens is 330 g/mol. The van der Waals surface area contributed by atoms with E-state index in [0.717, 1.165) is 32.0 Å². The van der Waals surface area contributed by atoms with E-state index >= 15 is 0 Å². The van der Waals surface area contributed by atoms with Gasteiger partial charge in [-0.15, -0.1) is 11.3 Å². The molecule has 7 heteroatoms. The molecule has 2 heterocycles. The molecule has 2 aromatic heterocycles. The Labute approximate surface area is 140 Å². The van der Waals surface area contributed by atoms with Gasteiger partial charge in [0.2, 0.25) is 5.91 Å². The average molecular weight is 343 g/mol. The van der Waals surface area contributed by atoms with Gasteiger partial charge in [0, 0.05) is 4.88 Å². The molecule has 1 aromatic carbocycles. The molecule has 0 aliphatic carbocycles. The number of nitrogens with one attached hydrogen (secondary N) is 1. The van der Waals surface area contributed by atoms with Crippen molar-refractivity contribution in [2.75, 3.05) is 5.32 Å². The molecule has 1 amide bonds. The highest BCUT2D eigenvalue weighted by atomic mass is 32.1. The average Bonchev–Trinajstić information content (AvgIpc) is 2.97. The molecule has 0 unspecified atom stereocenters. The highest BCUT2D eigenvalue weighted by Gasteiger charge is 2.16. The first-order valence-electron chi connectivity index (χ1n) is 6.89. The van der Waals surface area contributed by atoms with E-state index in [4.69, 9.17) is 0 Å². The van der Waals surface area contributed by atoms with Crippen LogP contribution in [0.2, 0.25) is 0 Å². The fourth-order valence-electron chi connectivity index (χ4n) is 2.32. The number of aryl methyl sites for hydroxylation is 1. The lowest BCUT2D eigenvalue weighted by Gasteiger charge is -2.05. The molecule has 0 radical (unpaired) electrons. The molecule has 0 bridgehead atoms. The molecule has 0 saturated heterocycles. The number of benzene rings is 1. The van der Waals surface area contributed by atoms with Crippen molar-refractivity contribution in [3.63, 3.8) is 0 Å². The Morgan fingerprint density at radius 3 is 2.78 bits per heavy atom. The fraction of sp³-hybridized carbons (Fsp3) is 0.188. The first-order chi connectivity index (χ1) is 11.0. The van der Waals surface area contributed by atoms with Crippen LogP contribution in [0.5, 0.6) is 0 Å². The highest BCUT2D eigenvalue weighted by Crippen LogP contribution is 2.31. The van der Waals surface area contributed by atoms with Crippen molar-refractivity contribution in [3.8, 4) is 6.07 Å². The van der Waals surface area contributed by atoms with Gasteiger partial charge in [-0.3, -0.25) is 14.2 Å². The van der Waals surface area contributed by atoms with Gasteiger partial charge < -0.3 is 5.32 Å². The number of thiophene rings is 1. The second-order valence-electron chi connectivity index (χ2n) is 5.07. The van der Waals surface area contributed by atoms with E-state index < -0.39 is 0 Å². The predicted octanol–water partition coefficient (Wildman–Crippen LogP) is 3.25. The Morgan fingerprint density at radius 1 is 1.30 bits per heavy atom. The Balaban J connectivity index is 1.88. The molecule has 0 aliphatic rings. The third-order valence-electron chi connectivity index (χ3n) is 3.63. The van der Waals surface area contributed by atoms with E-state index in [2.05, 4.69) is 11.4 Å². The number of nitrogens with zero attached hydrogens (tertiary/aromatic N) is 2. The molecular formula is C16H13N3O2S2. The maximum Gasteiger partial charge on any atom is 0.308 e. The molecule has 23 heavy (non-hydrogen) atoms. The molecule has 0 fully saturated rings. The summed E-state index contributed by atoms with van der Waals surface area (Å²) in [6.07, 6.45) is 0. The van der Waals surface area contributed by atoms with E-state index in [1.165, 1.54) is 15.9 Å². The molecule has 5 nitrogen and oxygen atoms in total. The number of para-hydroxylation sites is 1. The first kappa shape index (κ1) is 15.5. The Bertz CT molecular complexity index is 1000. The van der Waals surface area contributed by atoms with Gasteiger partial charge in [-0.1, -0.05) is 23.5 Å². The number of amides is 1. The van der Waals surface area contributed by atoms with Gasteiger partial charge in [0.15, 0.2) is 0 Å². The molecule has 3 aromatic rings. The number of carbonyl (C=O) groups excluding carboxylic acids is 1. The van der Waals surface area contributed by atoms with E-state index in [1.54, 1.807) is 0 Å². The number of hydrogen-bond acceptors (Lipinski definition) is 5. The lowest BCUT2D eigenvalue weighted by molar-refractivity contribution is -0.116. The summed E-state index contributed by atoms with van der Waals surface area (Å²) in [6, 6.07) is 9.49. The molecule has 0 aliphatic heterocycles. The number of fused-ring (bicyclic) bond motifs is 1. The van der Waals surface area contributed by atoms with Crippen molar-refractivity contribution in [1.82, 2.24) is 4.57 Å². The van der Waals surface area contributed by atoms with Crippen LogP contribution < -0.4 is 10.2 Å². The summed E-state index contributed by atoms with van der Waals surface area (Å²) < 4.78 is 2.31. The second kappa shape index (κ2) is 5.99. The molecule has 0 spiro atoms. The molecule has 116 valence electrons. The zero-order valence-corrected chi connectivity index (χ0v) is 14.2. The predicted molar refractivity (Wildman–Crippen MR) is 93.2 cm³/mol. The third-order valence-corrected chi connectivity index (χ3v) is 5.71. The van der Waals surface area contributed by atoms with Crippen LogP contribution in [-0.2, 0) is 11.3 Å². The van der Waals surface area contributed by atoms with Crippen molar-refractivity contribution in [2.45, 2.75) is 20.4 Å². The maximum atomic E-state index is 12.3. The second-order valence-corrected chi connectivity index (χ2v) is 7.29. The number of carbonyl (C=O) groups is 1. The molecule has 0 atom stereocenters. The van der Waals surface area contributed by atoms with Crippen LogP contribution in [0.3, 0.4) is 0 Å². The van der Waals surface area contributed by atoms with Crippen LogP contribution in [0.15, 0.2) is 29.1 Å². The summed E-state index contributed by atoms with van der Waals surface area (Å²) in [5.74, 6) is -0.312. The number of hydrogen-bond donors (Lipinski definition) is 1. The summed E-state index contributed by atoms with van der Waals surface area (Å²) in [7, 11) is 0. The van der Waals surface area contributed by atoms with E-state index in [1.807, 2.05) is 38.1 Å². The Hall–Kier alpha value is -2.43. The summed E-state index contributed by atoms with van der Waals surface area (Å²) >= 11 is 2.49. The molecule has 1 N–H and O–H groups in total. The number of anilines is 1. The smallest absolute Gasteiger partial charge is 0.308 e. The van der Waals surface area contributed by atoms with E-state index in [-0.39, 0.29) is 17.3 Å². The first-order valence-corrected chi connectivity index (χ1v) is 8.53. The Kier molecular flexibility index (Phi) is 4.03. The highest BCUT2D eigenvalue weighted by molar-refractivity contribution is 7.17. The van der Waals surface area contributed by atoms with Gasteiger partial charge >= 0.3 is 4.87 Å². The monoisotopic (exact) mass is 343 g/mol. The normalized spacial score (nSPS) is 10.7. The lowest BCUT2D eigenvalue weighted by Crippen LogP contribution is -2.24. The van der Waals surface area contributed by atoms with Gasteiger partial charge in [-0.2, -0.15) is 5.26 Å². The van der Waals surface area contributed by atoms with Crippen molar-refractivity contribution in [2.24, 2.45) is 0 Å². The van der Waals surface area contributed by atoms with Gasteiger partial charge in [0.1, 0.15) is 17.6 Å². The molecule has 3 rings (SSSR count).